The van der Waals surface area contributed by atoms with Crippen LogP contribution in [0.5, 0.6) is 0 Å². The number of carbonyl (C=O) groups excluding carboxylic acids is 1. The Bertz CT molecular complexity index is 174. The van der Waals surface area contributed by atoms with Gasteiger partial charge in [0.05, 0.1) is 12.7 Å². The van der Waals surface area contributed by atoms with E-state index >= 15 is 0 Å². The second-order valence-corrected chi connectivity index (χ2v) is 4.09. The molecule has 0 amide bonds. The first-order chi connectivity index (χ1) is 5.80. The van der Waals surface area contributed by atoms with Gasteiger partial charge in [-0.3, -0.25) is 4.79 Å². The first-order valence-corrected chi connectivity index (χ1v) is 4.41. The van der Waals surface area contributed by atoms with Gasteiger partial charge in [-0.05, 0) is 12.3 Å². The lowest BCUT2D eigenvalue weighted by atomic mass is 9.85. The number of nitrogens with two attached hydrogens (primary N) is 1. The summed E-state index contributed by atoms with van der Waals surface area (Å²) < 4.78 is 4.70. The van der Waals surface area contributed by atoms with Crippen molar-refractivity contribution in [3.63, 3.8) is 0 Å². The number of hydrogen-bond acceptors (Lipinski definition) is 4. The maximum atomic E-state index is 11.1. The van der Waals surface area contributed by atoms with E-state index in [9.17, 15) is 9.90 Å². The van der Waals surface area contributed by atoms with Crippen LogP contribution in [0.1, 0.15) is 27.7 Å². The molecule has 0 saturated carbocycles. The van der Waals surface area contributed by atoms with E-state index in [2.05, 4.69) is 0 Å². The fraction of sp³-hybridized carbons (Fsp3) is 0.889. The maximum Gasteiger partial charge on any atom is 0.325 e. The SMILES string of the molecule is CCOC(=O)C(N)C(O)C(C)(C)C. The highest BCUT2D eigenvalue weighted by molar-refractivity contribution is 5.76. The van der Waals surface area contributed by atoms with Crippen molar-refractivity contribution in [1.29, 1.82) is 0 Å². The number of aliphatic hydroxyl groups is 1. The molecule has 0 aromatic heterocycles. The molecule has 0 aromatic carbocycles. The van der Waals surface area contributed by atoms with Gasteiger partial charge in [-0.1, -0.05) is 20.8 Å². The lowest BCUT2D eigenvalue weighted by Gasteiger charge is -2.29. The van der Waals surface area contributed by atoms with Crippen LogP contribution in [-0.4, -0.2) is 29.8 Å². The van der Waals surface area contributed by atoms with Crippen molar-refractivity contribution in [3.05, 3.63) is 0 Å². The zero-order valence-corrected chi connectivity index (χ0v) is 8.70. The van der Waals surface area contributed by atoms with Crippen molar-refractivity contribution in [2.24, 2.45) is 11.1 Å². The highest BCUT2D eigenvalue weighted by Crippen LogP contribution is 2.21. The van der Waals surface area contributed by atoms with Gasteiger partial charge in [-0.25, -0.2) is 0 Å². The van der Waals surface area contributed by atoms with Gasteiger partial charge in [0.1, 0.15) is 6.04 Å². The molecule has 0 spiro atoms. The Kier molecular flexibility index (Phi) is 4.36. The van der Waals surface area contributed by atoms with Gasteiger partial charge < -0.3 is 15.6 Å². The summed E-state index contributed by atoms with van der Waals surface area (Å²) in [6.45, 7) is 7.43. The maximum absolute atomic E-state index is 11.1. The molecule has 0 aliphatic heterocycles. The van der Waals surface area contributed by atoms with Crippen molar-refractivity contribution < 1.29 is 14.6 Å². The summed E-state index contributed by atoms with van der Waals surface area (Å²) in [4.78, 5) is 11.1. The van der Waals surface area contributed by atoms with Crippen LogP contribution in [0.4, 0.5) is 0 Å². The van der Waals surface area contributed by atoms with Gasteiger partial charge in [0.2, 0.25) is 0 Å². The Labute approximate surface area is 79.1 Å². The van der Waals surface area contributed by atoms with Crippen LogP contribution in [-0.2, 0) is 9.53 Å². The molecular formula is C9H19NO3. The van der Waals surface area contributed by atoms with Crippen molar-refractivity contribution in [2.75, 3.05) is 6.61 Å². The predicted molar refractivity (Wildman–Crippen MR) is 50.1 cm³/mol. The highest BCUT2D eigenvalue weighted by Gasteiger charge is 2.33. The van der Waals surface area contributed by atoms with E-state index in [0.29, 0.717) is 0 Å². The number of aliphatic hydroxyl groups excluding tert-OH is 1. The summed E-state index contributed by atoms with van der Waals surface area (Å²) in [7, 11) is 0. The summed E-state index contributed by atoms with van der Waals surface area (Å²) >= 11 is 0. The Morgan fingerprint density at radius 2 is 2.00 bits per heavy atom. The van der Waals surface area contributed by atoms with Crippen LogP contribution in [0.25, 0.3) is 0 Å². The molecule has 0 aliphatic carbocycles. The smallest absolute Gasteiger partial charge is 0.325 e. The van der Waals surface area contributed by atoms with Crippen LogP contribution in [0.3, 0.4) is 0 Å². The molecule has 78 valence electrons. The van der Waals surface area contributed by atoms with E-state index in [4.69, 9.17) is 10.5 Å². The minimum absolute atomic E-state index is 0.281. The monoisotopic (exact) mass is 189 g/mol. The molecule has 0 rings (SSSR count). The molecule has 13 heavy (non-hydrogen) atoms. The predicted octanol–water partition coefficient (Wildman–Crippen LogP) is 0.284. The van der Waals surface area contributed by atoms with E-state index in [0.717, 1.165) is 0 Å². The summed E-state index contributed by atoms with van der Waals surface area (Å²) in [6.07, 6.45) is -0.883. The van der Waals surface area contributed by atoms with Gasteiger partial charge in [0.15, 0.2) is 0 Å². The van der Waals surface area contributed by atoms with Gasteiger partial charge in [-0.2, -0.15) is 0 Å². The Morgan fingerprint density at radius 3 is 2.31 bits per heavy atom. The third kappa shape index (κ3) is 3.74. The minimum atomic E-state index is -0.958. The molecule has 2 atom stereocenters. The molecule has 0 aromatic rings. The fourth-order valence-corrected chi connectivity index (χ4v) is 0.906. The van der Waals surface area contributed by atoms with Crippen molar-refractivity contribution in [1.82, 2.24) is 0 Å². The normalized spacial score (nSPS) is 16.5. The van der Waals surface area contributed by atoms with Gasteiger partial charge >= 0.3 is 5.97 Å². The van der Waals surface area contributed by atoms with Crippen LogP contribution < -0.4 is 5.73 Å². The molecule has 4 nitrogen and oxygen atoms in total. The lowest BCUT2D eigenvalue weighted by molar-refractivity contribution is -0.149. The molecule has 4 heteroatoms. The summed E-state index contributed by atoms with van der Waals surface area (Å²) in [5.74, 6) is -0.551. The van der Waals surface area contributed by atoms with Crippen molar-refractivity contribution in [3.8, 4) is 0 Å². The number of rotatable bonds is 3. The number of hydrogen-bond donors (Lipinski definition) is 2. The summed E-state index contributed by atoms with van der Waals surface area (Å²) in [6, 6.07) is -0.958. The Morgan fingerprint density at radius 1 is 1.54 bits per heavy atom. The van der Waals surface area contributed by atoms with Crippen LogP contribution in [0.2, 0.25) is 0 Å². The highest BCUT2D eigenvalue weighted by atomic mass is 16.5. The van der Waals surface area contributed by atoms with Crippen LogP contribution >= 0.6 is 0 Å². The van der Waals surface area contributed by atoms with E-state index in [1.54, 1.807) is 6.92 Å². The third-order valence-electron chi connectivity index (χ3n) is 1.79. The second kappa shape index (κ2) is 4.58. The average molecular weight is 189 g/mol. The molecular weight excluding hydrogens is 170 g/mol. The van der Waals surface area contributed by atoms with Crippen molar-refractivity contribution in [2.45, 2.75) is 39.8 Å². The zero-order chi connectivity index (χ0) is 10.6. The Hall–Kier alpha value is -0.610. The molecule has 2 unspecified atom stereocenters. The molecule has 0 fully saturated rings. The molecule has 0 bridgehead atoms. The lowest BCUT2D eigenvalue weighted by Crippen LogP contribution is -2.49. The van der Waals surface area contributed by atoms with E-state index < -0.39 is 23.5 Å². The fourth-order valence-electron chi connectivity index (χ4n) is 0.906. The zero-order valence-electron chi connectivity index (χ0n) is 8.70. The summed E-state index contributed by atoms with van der Waals surface area (Å²) in [5, 5.41) is 9.63. The van der Waals surface area contributed by atoms with Gasteiger partial charge in [0.25, 0.3) is 0 Å². The summed E-state index contributed by atoms with van der Waals surface area (Å²) in [5.41, 5.74) is 5.10. The first kappa shape index (κ1) is 12.4. The first-order valence-electron chi connectivity index (χ1n) is 4.41. The molecule has 0 saturated heterocycles. The third-order valence-corrected chi connectivity index (χ3v) is 1.79. The van der Waals surface area contributed by atoms with Gasteiger partial charge in [0, 0.05) is 0 Å². The molecule has 0 radical (unpaired) electrons. The van der Waals surface area contributed by atoms with E-state index in [1.807, 2.05) is 20.8 Å². The number of ether oxygens (including phenoxy) is 1. The van der Waals surface area contributed by atoms with Gasteiger partial charge in [-0.15, -0.1) is 0 Å². The minimum Gasteiger partial charge on any atom is -0.465 e. The Balaban J connectivity index is 4.25. The van der Waals surface area contributed by atoms with Crippen molar-refractivity contribution >= 4 is 5.97 Å². The topological polar surface area (TPSA) is 72.5 Å². The van der Waals surface area contributed by atoms with E-state index in [1.165, 1.54) is 0 Å². The standard InChI is InChI=1S/C9H19NO3/c1-5-13-8(12)6(10)7(11)9(2,3)4/h6-7,11H,5,10H2,1-4H3. The number of carbonyl (C=O) groups is 1. The quantitative estimate of drug-likeness (QED) is 0.626. The van der Waals surface area contributed by atoms with Crippen LogP contribution in [0.15, 0.2) is 0 Å². The molecule has 0 aliphatic rings. The largest absolute Gasteiger partial charge is 0.465 e. The van der Waals surface area contributed by atoms with E-state index in [-0.39, 0.29) is 6.61 Å². The average Bonchev–Trinajstić information content (AvgIpc) is 2.00. The molecule has 0 heterocycles. The van der Waals surface area contributed by atoms with Crippen LogP contribution in [0, 0.1) is 5.41 Å². The number of esters is 1. The molecule has 3 N–H and O–H groups in total. The second-order valence-electron chi connectivity index (χ2n) is 4.09.